The molecule has 8 heteroatoms. The summed E-state index contributed by atoms with van der Waals surface area (Å²) in [6.07, 6.45) is 1.26. The highest BCUT2D eigenvalue weighted by Gasteiger charge is 2.26. The minimum atomic E-state index is -0.237. The monoisotopic (exact) mass is 436 g/mol. The van der Waals surface area contributed by atoms with E-state index in [1.165, 1.54) is 0 Å². The van der Waals surface area contributed by atoms with Crippen molar-refractivity contribution >= 4 is 5.91 Å². The van der Waals surface area contributed by atoms with Crippen LogP contribution in [0.3, 0.4) is 0 Å². The Morgan fingerprint density at radius 2 is 2.03 bits per heavy atom. The van der Waals surface area contributed by atoms with E-state index < -0.39 is 0 Å². The number of carbonyl (C=O) groups is 1. The van der Waals surface area contributed by atoms with E-state index >= 15 is 0 Å². The van der Waals surface area contributed by atoms with Crippen LogP contribution in [0.4, 0.5) is 0 Å². The Bertz CT molecular complexity index is 1030. The number of benzene rings is 1. The molecule has 3 aromatic rings. The summed E-state index contributed by atoms with van der Waals surface area (Å²) < 4.78 is 16.6. The van der Waals surface area contributed by atoms with Gasteiger partial charge < -0.3 is 18.9 Å². The molecule has 168 valence electrons. The number of aryl methyl sites for hydroxylation is 2. The summed E-state index contributed by atoms with van der Waals surface area (Å²) in [5.74, 6) is 1.99. The van der Waals surface area contributed by atoms with Crippen LogP contribution < -0.4 is 4.74 Å². The van der Waals surface area contributed by atoms with E-state index in [1.54, 1.807) is 6.92 Å². The minimum absolute atomic E-state index is 0.0553. The molecule has 1 atom stereocenters. The zero-order chi connectivity index (χ0) is 22.3. The standard InChI is InChI=1S/C24H28N4O4/c1-3-30-20-9-7-18(8-10-20)15-19-5-4-6-21(26-19)22-16-28(13-14-31-22)24(29)12-11-23-25-17(2)27-32-23/h4-10,22H,3,11-16H2,1-2H3. The smallest absolute Gasteiger partial charge is 0.227 e. The fraction of sp³-hybridized carbons (Fsp3) is 0.417. The van der Waals surface area contributed by atoms with Crippen LogP contribution in [0.1, 0.15) is 48.1 Å². The maximum absolute atomic E-state index is 12.7. The van der Waals surface area contributed by atoms with Gasteiger partial charge in [0.05, 0.1) is 25.5 Å². The quantitative estimate of drug-likeness (QED) is 0.535. The largest absolute Gasteiger partial charge is 0.494 e. The SMILES string of the molecule is CCOc1ccc(Cc2cccc(C3CN(C(=O)CCc4nc(C)no4)CCO3)n2)cc1. The average Bonchev–Trinajstić information content (AvgIpc) is 3.24. The topological polar surface area (TPSA) is 90.6 Å². The van der Waals surface area contributed by atoms with Crippen molar-refractivity contribution in [2.75, 3.05) is 26.3 Å². The molecular formula is C24H28N4O4. The minimum Gasteiger partial charge on any atom is -0.494 e. The molecule has 1 unspecified atom stereocenters. The molecule has 0 saturated carbocycles. The third-order valence-corrected chi connectivity index (χ3v) is 5.32. The number of aromatic nitrogens is 3. The highest BCUT2D eigenvalue weighted by atomic mass is 16.5. The number of carbonyl (C=O) groups excluding carboxylic acids is 1. The van der Waals surface area contributed by atoms with Gasteiger partial charge in [-0.1, -0.05) is 23.4 Å². The van der Waals surface area contributed by atoms with Gasteiger partial charge in [-0.2, -0.15) is 4.98 Å². The lowest BCUT2D eigenvalue weighted by molar-refractivity contribution is -0.139. The number of nitrogens with zero attached hydrogens (tertiary/aromatic N) is 4. The predicted molar refractivity (Wildman–Crippen MR) is 117 cm³/mol. The third-order valence-electron chi connectivity index (χ3n) is 5.32. The highest BCUT2D eigenvalue weighted by molar-refractivity contribution is 5.76. The Kier molecular flexibility index (Phi) is 7.11. The molecule has 1 aromatic carbocycles. The van der Waals surface area contributed by atoms with Gasteiger partial charge in [-0.3, -0.25) is 9.78 Å². The van der Waals surface area contributed by atoms with E-state index in [0.29, 0.717) is 50.9 Å². The second-order valence-electron chi connectivity index (χ2n) is 7.74. The molecule has 0 bridgehead atoms. The maximum atomic E-state index is 12.7. The van der Waals surface area contributed by atoms with E-state index in [9.17, 15) is 4.79 Å². The Morgan fingerprint density at radius 1 is 1.19 bits per heavy atom. The summed E-state index contributed by atoms with van der Waals surface area (Å²) in [5, 5.41) is 3.76. The van der Waals surface area contributed by atoms with Crippen LogP contribution in [0.2, 0.25) is 0 Å². The second-order valence-corrected chi connectivity index (χ2v) is 7.74. The van der Waals surface area contributed by atoms with Gasteiger partial charge in [-0.15, -0.1) is 0 Å². The fourth-order valence-corrected chi connectivity index (χ4v) is 3.72. The van der Waals surface area contributed by atoms with Gasteiger partial charge in [0.2, 0.25) is 11.8 Å². The van der Waals surface area contributed by atoms with E-state index in [0.717, 1.165) is 29.1 Å². The van der Waals surface area contributed by atoms with Crippen molar-refractivity contribution in [2.24, 2.45) is 0 Å². The van der Waals surface area contributed by atoms with Crippen LogP contribution >= 0.6 is 0 Å². The van der Waals surface area contributed by atoms with Crippen molar-refractivity contribution in [2.45, 2.75) is 39.2 Å². The van der Waals surface area contributed by atoms with Crippen molar-refractivity contribution in [1.82, 2.24) is 20.0 Å². The lowest BCUT2D eigenvalue weighted by Crippen LogP contribution is -2.42. The Balaban J connectivity index is 1.36. The van der Waals surface area contributed by atoms with Crippen molar-refractivity contribution < 1.29 is 18.8 Å². The van der Waals surface area contributed by atoms with Gasteiger partial charge in [0.1, 0.15) is 11.9 Å². The first-order chi connectivity index (χ1) is 15.6. The van der Waals surface area contributed by atoms with Crippen LogP contribution in [-0.4, -0.2) is 52.2 Å². The molecule has 2 aromatic heterocycles. The number of hydrogen-bond acceptors (Lipinski definition) is 7. The summed E-state index contributed by atoms with van der Waals surface area (Å²) in [6.45, 7) is 5.94. The lowest BCUT2D eigenvalue weighted by Gasteiger charge is -2.32. The third kappa shape index (κ3) is 5.70. The zero-order valence-corrected chi connectivity index (χ0v) is 18.5. The molecule has 0 N–H and O–H groups in total. The summed E-state index contributed by atoms with van der Waals surface area (Å²) >= 11 is 0. The summed E-state index contributed by atoms with van der Waals surface area (Å²) in [6, 6.07) is 14.0. The lowest BCUT2D eigenvalue weighted by atomic mass is 10.1. The first-order valence-electron chi connectivity index (χ1n) is 11.0. The predicted octanol–water partition coefficient (Wildman–Crippen LogP) is 3.30. The van der Waals surface area contributed by atoms with E-state index in [-0.39, 0.29) is 12.0 Å². The molecule has 1 aliphatic rings. The molecule has 0 radical (unpaired) electrons. The van der Waals surface area contributed by atoms with Crippen LogP contribution in [0.5, 0.6) is 5.75 Å². The summed E-state index contributed by atoms with van der Waals surface area (Å²) in [7, 11) is 0. The van der Waals surface area contributed by atoms with Crippen LogP contribution in [0, 0.1) is 6.92 Å². The van der Waals surface area contributed by atoms with Gasteiger partial charge in [0.25, 0.3) is 0 Å². The molecule has 1 amide bonds. The highest BCUT2D eigenvalue weighted by Crippen LogP contribution is 2.23. The Labute approximate surface area is 187 Å². The number of amides is 1. The number of morpholine rings is 1. The van der Waals surface area contributed by atoms with Gasteiger partial charge in [-0.25, -0.2) is 0 Å². The van der Waals surface area contributed by atoms with Crippen LogP contribution in [0.15, 0.2) is 47.0 Å². The fourth-order valence-electron chi connectivity index (χ4n) is 3.72. The van der Waals surface area contributed by atoms with E-state index in [1.807, 2.05) is 42.2 Å². The van der Waals surface area contributed by atoms with Crippen molar-refractivity contribution in [3.8, 4) is 5.75 Å². The number of rotatable bonds is 8. The molecule has 3 heterocycles. The van der Waals surface area contributed by atoms with Crippen LogP contribution in [0.25, 0.3) is 0 Å². The first kappa shape index (κ1) is 22.0. The molecular weight excluding hydrogens is 408 g/mol. The molecule has 0 aliphatic carbocycles. The Hall–Kier alpha value is -3.26. The molecule has 1 aliphatic heterocycles. The Morgan fingerprint density at radius 3 is 2.78 bits per heavy atom. The van der Waals surface area contributed by atoms with Gasteiger partial charge in [-0.05, 0) is 43.7 Å². The normalized spacial score (nSPS) is 16.2. The number of pyridine rings is 1. The molecule has 8 nitrogen and oxygen atoms in total. The summed E-state index contributed by atoms with van der Waals surface area (Å²) in [4.78, 5) is 23.5. The van der Waals surface area contributed by atoms with Gasteiger partial charge >= 0.3 is 0 Å². The molecule has 0 spiro atoms. The van der Waals surface area contributed by atoms with Crippen molar-refractivity contribution in [3.63, 3.8) is 0 Å². The molecule has 32 heavy (non-hydrogen) atoms. The maximum Gasteiger partial charge on any atom is 0.227 e. The zero-order valence-electron chi connectivity index (χ0n) is 18.5. The van der Waals surface area contributed by atoms with Gasteiger partial charge in [0.15, 0.2) is 5.82 Å². The average molecular weight is 437 g/mol. The van der Waals surface area contributed by atoms with Gasteiger partial charge in [0, 0.05) is 31.5 Å². The van der Waals surface area contributed by atoms with E-state index in [2.05, 4.69) is 22.3 Å². The van der Waals surface area contributed by atoms with Crippen molar-refractivity contribution in [1.29, 1.82) is 0 Å². The second kappa shape index (κ2) is 10.4. The summed E-state index contributed by atoms with van der Waals surface area (Å²) in [5.41, 5.74) is 2.97. The number of hydrogen-bond donors (Lipinski definition) is 0. The molecule has 4 rings (SSSR count). The van der Waals surface area contributed by atoms with E-state index in [4.69, 9.17) is 19.0 Å². The first-order valence-corrected chi connectivity index (χ1v) is 11.0. The van der Waals surface area contributed by atoms with Crippen LogP contribution in [-0.2, 0) is 22.4 Å². The van der Waals surface area contributed by atoms with Crippen molar-refractivity contribution in [3.05, 3.63) is 71.1 Å². The molecule has 1 fully saturated rings. The number of ether oxygens (including phenoxy) is 2. The molecule has 1 saturated heterocycles.